The molecule has 0 radical (unpaired) electrons. The van der Waals surface area contributed by atoms with Crippen LogP contribution in [0, 0.1) is 10.1 Å². The highest BCUT2D eigenvalue weighted by molar-refractivity contribution is 6.15. The van der Waals surface area contributed by atoms with E-state index in [-0.39, 0.29) is 17.4 Å². The normalized spacial score (nSPS) is 15.5. The van der Waals surface area contributed by atoms with Gasteiger partial charge in [0.15, 0.2) is 0 Å². The molecular weight excluding hydrogens is 386 g/mol. The Labute approximate surface area is 171 Å². The fraction of sp³-hybridized carbons (Fsp3) is 0.0952. The van der Waals surface area contributed by atoms with Crippen LogP contribution in [0.2, 0.25) is 0 Å². The SMILES string of the molecule is O=C(O)N(C1=NN(c2ccccn2)C(c2ccccc2)C1)c1ccc([N+](=O)[O-])cc1. The molecule has 1 amide bonds. The Hall–Kier alpha value is -4.27. The van der Waals surface area contributed by atoms with Gasteiger partial charge in [0.2, 0.25) is 0 Å². The van der Waals surface area contributed by atoms with Crippen LogP contribution < -0.4 is 9.91 Å². The van der Waals surface area contributed by atoms with Crippen LogP contribution in [0.4, 0.5) is 22.0 Å². The summed E-state index contributed by atoms with van der Waals surface area (Å²) >= 11 is 0. The number of carbonyl (C=O) groups is 1. The summed E-state index contributed by atoms with van der Waals surface area (Å²) in [6.45, 7) is 0. The summed E-state index contributed by atoms with van der Waals surface area (Å²) in [4.78, 5) is 27.8. The first-order valence-electron chi connectivity index (χ1n) is 9.15. The standard InChI is InChI=1S/C21H17N5O4/c27-21(28)24(16-9-11-17(12-10-16)26(29)30)20-14-18(15-6-2-1-3-7-15)25(23-20)19-8-4-5-13-22-19/h1-13,18H,14H2,(H,27,28). The molecule has 0 fully saturated rings. The molecular formula is C21H17N5O4. The maximum Gasteiger partial charge on any atom is 0.417 e. The summed E-state index contributed by atoms with van der Waals surface area (Å²) < 4.78 is 0. The number of hydrogen-bond acceptors (Lipinski definition) is 6. The molecule has 0 saturated heterocycles. The van der Waals surface area contributed by atoms with E-state index in [1.165, 1.54) is 24.3 Å². The molecule has 9 heteroatoms. The van der Waals surface area contributed by atoms with E-state index in [2.05, 4.69) is 10.1 Å². The number of non-ortho nitro benzene ring substituents is 1. The van der Waals surface area contributed by atoms with E-state index >= 15 is 0 Å². The van der Waals surface area contributed by atoms with Crippen LogP contribution in [0.1, 0.15) is 18.0 Å². The van der Waals surface area contributed by atoms with Crippen molar-refractivity contribution in [3.05, 3.63) is 94.7 Å². The molecule has 1 aliphatic rings. The third-order valence-corrected chi connectivity index (χ3v) is 4.73. The van der Waals surface area contributed by atoms with Crippen LogP contribution >= 0.6 is 0 Å². The molecule has 1 N–H and O–H groups in total. The Balaban J connectivity index is 1.74. The van der Waals surface area contributed by atoms with E-state index in [1.54, 1.807) is 23.3 Å². The summed E-state index contributed by atoms with van der Waals surface area (Å²) in [5.41, 5.74) is 1.13. The Kier molecular flexibility index (Phi) is 5.08. The molecule has 2 heterocycles. The van der Waals surface area contributed by atoms with E-state index < -0.39 is 11.0 Å². The van der Waals surface area contributed by atoms with Crippen LogP contribution in [0.5, 0.6) is 0 Å². The average Bonchev–Trinajstić information content (AvgIpc) is 3.20. The molecule has 1 aliphatic heterocycles. The molecule has 30 heavy (non-hydrogen) atoms. The first-order valence-corrected chi connectivity index (χ1v) is 9.15. The number of benzene rings is 2. The minimum atomic E-state index is -1.22. The zero-order chi connectivity index (χ0) is 21.1. The minimum absolute atomic E-state index is 0.116. The molecule has 1 atom stereocenters. The van der Waals surface area contributed by atoms with Crippen LogP contribution in [0.25, 0.3) is 0 Å². The molecule has 0 bridgehead atoms. The van der Waals surface area contributed by atoms with Gasteiger partial charge in [-0.25, -0.2) is 19.7 Å². The average molecular weight is 403 g/mol. The molecule has 150 valence electrons. The number of carboxylic acid groups (broad SMARTS) is 1. The summed E-state index contributed by atoms with van der Waals surface area (Å²) in [7, 11) is 0. The Morgan fingerprint density at radius 1 is 1.07 bits per heavy atom. The van der Waals surface area contributed by atoms with Crippen molar-refractivity contribution in [2.75, 3.05) is 9.91 Å². The van der Waals surface area contributed by atoms with E-state index in [1.807, 2.05) is 36.4 Å². The number of hydrogen-bond donors (Lipinski definition) is 1. The number of aromatic nitrogens is 1. The van der Waals surface area contributed by atoms with Crippen molar-refractivity contribution >= 4 is 29.1 Å². The van der Waals surface area contributed by atoms with Gasteiger partial charge >= 0.3 is 6.09 Å². The summed E-state index contributed by atoms with van der Waals surface area (Å²) in [5, 5.41) is 27.0. The van der Waals surface area contributed by atoms with Gasteiger partial charge in [0.1, 0.15) is 11.7 Å². The molecule has 0 saturated carbocycles. The fourth-order valence-corrected chi connectivity index (χ4v) is 3.36. The van der Waals surface area contributed by atoms with Gasteiger partial charge in [-0.2, -0.15) is 5.10 Å². The number of nitro groups is 1. The Bertz CT molecular complexity index is 1090. The largest absolute Gasteiger partial charge is 0.464 e. The Morgan fingerprint density at radius 3 is 2.37 bits per heavy atom. The van der Waals surface area contributed by atoms with E-state index in [9.17, 15) is 20.0 Å². The van der Waals surface area contributed by atoms with Crippen LogP contribution in [-0.2, 0) is 0 Å². The van der Waals surface area contributed by atoms with Gasteiger partial charge in [-0.1, -0.05) is 36.4 Å². The lowest BCUT2D eigenvalue weighted by Gasteiger charge is -2.22. The molecule has 3 aromatic rings. The second-order valence-corrected chi connectivity index (χ2v) is 6.57. The number of nitro benzene ring substituents is 1. The zero-order valence-electron chi connectivity index (χ0n) is 15.7. The first-order chi connectivity index (χ1) is 14.5. The fourth-order valence-electron chi connectivity index (χ4n) is 3.36. The van der Waals surface area contributed by atoms with Gasteiger partial charge in [-0.15, -0.1) is 0 Å². The van der Waals surface area contributed by atoms with Gasteiger partial charge in [0.05, 0.1) is 16.7 Å². The van der Waals surface area contributed by atoms with E-state index in [4.69, 9.17) is 0 Å². The quantitative estimate of drug-likeness (QED) is 0.509. The van der Waals surface area contributed by atoms with Crippen molar-refractivity contribution in [2.24, 2.45) is 5.10 Å². The highest BCUT2D eigenvalue weighted by Gasteiger charge is 2.35. The number of pyridine rings is 1. The highest BCUT2D eigenvalue weighted by atomic mass is 16.6. The number of anilines is 2. The van der Waals surface area contributed by atoms with Crippen LogP contribution in [0.15, 0.2) is 84.1 Å². The lowest BCUT2D eigenvalue weighted by Crippen LogP contribution is -2.35. The molecule has 9 nitrogen and oxygen atoms in total. The lowest BCUT2D eigenvalue weighted by molar-refractivity contribution is -0.384. The topological polar surface area (TPSA) is 112 Å². The third-order valence-electron chi connectivity index (χ3n) is 4.73. The van der Waals surface area contributed by atoms with Gasteiger partial charge < -0.3 is 5.11 Å². The number of amides is 1. The van der Waals surface area contributed by atoms with Crippen LogP contribution in [0.3, 0.4) is 0 Å². The first kappa shape index (κ1) is 19.1. The lowest BCUT2D eigenvalue weighted by atomic mass is 10.0. The maximum atomic E-state index is 12.1. The molecule has 4 rings (SSSR count). The zero-order valence-corrected chi connectivity index (χ0v) is 15.7. The van der Waals surface area contributed by atoms with Gasteiger partial charge in [0.25, 0.3) is 5.69 Å². The molecule has 1 unspecified atom stereocenters. The van der Waals surface area contributed by atoms with E-state index in [0.717, 1.165) is 10.5 Å². The second-order valence-electron chi connectivity index (χ2n) is 6.57. The van der Waals surface area contributed by atoms with Crippen molar-refractivity contribution in [1.82, 2.24) is 4.98 Å². The number of nitrogens with zero attached hydrogens (tertiary/aromatic N) is 5. The monoisotopic (exact) mass is 403 g/mol. The van der Waals surface area contributed by atoms with Crippen molar-refractivity contribution in [1.29, 1.82) is 0 Å². The predicted octanol–water partition coefficient (Wildman–Crippen LogP) is 4.44. The third kappa shape index (κ3) is 3.68. The maximum absolute atomic E-state index is 12.1. The van der Waals surface area contributed by atoms with E-state index in [0.29, 0.717) is 18.1 Å². The Morgan fingerprint density at radius 2 is 1.77 bits per heavy atom. The summed E-state index contributed by atoms with van der Waals surface area (Å²) in [5.74, 6) is 0.895. The summed E-state index contributed by atoms with van der Waals surface area (Å²) in [6, 6.07) is 20.2. The van der Waals surface area contributed by atoms with Gasteiger partial charge in [0, 0.05) is 24.8 Å². The number of rotatable bonds is 4. The minimum Gasteiger partial charge on any atom is -0.464 e. The van der Waals surface area contributed by atoms with Crippen LogP contribution in [-0.4, -0.2) is 26.9 Å². The van der Waals surface area contributed by atoms with Crippen molar-refractivity contribution < 1.29 is 14.8 Å². The molecule has 0 aliphatic carbocycles. The van der Waals surface area contributed by atoms with Crippen molar-refractivity contribution in [3.63, 3.8) is 0 Å². The highest BCUT2D eigenvalue weighted by Crippen LogP contribution is 2.36. The number of hydrazone groups is 1. The summed E-state index contributed by atoms with van der Waals surface area (Å²) in [6.07, 6.45) is 0.748. The molecule has 2 aromatic carbocycles. The smallest absolute Gasteiger partial charge is 0.417 e. The van der Waals surface area contributed by atoms with Gasteiger partial charge in [-0.05, 0) is 29.8 Å². The predicted molar refractivity (Wildman–Crippen MR) is 112 cm³/mol. The second kappa shape index (κ2) is 8.00. The van der Waals surface area contributed by atoms with Crippen molar-refractivity contribution in [3.8, 4) is 0 Å². The van der Waals surface area contributed by atoms with Gasteiger partial charge in [-0.3, -0.25) is 10.1 Å². The number of amidine groups is 1. The molecule has 0 spiro atoms. The molecule has 1 aromatic heterocycles. The van der Waals surface area contributed by atoms with Crippen molar-refractivity contribution in [2.45, 2.75) is 12.5 Å².